The summed E-state index contributed by atoms with van der Waals surface area (Å²) in [7, 11) is 0.00860. The number of benzene rings is 2. The summed E-state index contributed by atoms with van der Waals surface area (Å²) in [6.45, 7) is 1.38. The molecule has 0 radical (unpaired) electrons. The van der Waals surface area contributed by atoms with Crippen molar-refractivity contribution in [2.45, 2.75) is 11.4 Å². The quantitative estimate of drug-likeness (QED) is 0.792. The predicted octanol–water partition coefficient (Wildman–Crippen LogP) is 2.24. The Bertz CT molecular complexity index is 779. The van der Waals surface area contributed by atoms with Crippen LogP contribution in [0.2, 0.25) is 0 Å². The average Bonchev–Trinajstić information content (AvgIpc) is 2.53. The van der Waals surface area contributed by atoms with E-state index in [1.807, 2.05) is 25.1 Å². The van der Waals surface area contributed by atoms with Gasteiger partial charge in [-0.3, -0.25) is 0 Å². The van der Waals surface area contributed by atoms with Crippen LogP contribution in [-0.4, -0.2) is 40.6 Å². The molecule has 2 rings (SSSR count). The number of rotatable bonds is 8. The minimum atomic E-state index is -3.90. The minimum Gasteiger partial charge on any atom is -0.492 e. The maximum absolute atomic E-state index is 13.6. The van der Waals surface area contributed by atoms with Crippen LogP contribution >= 0.6 is 0 Å². The second-order valence-corrected chi connectivity index (χ2v) is 7.29. The van der Waals surface area contributed by atoms with Crippen molar-refractivity contribution in [1.82, 2.24) is 9.62 Å². The standard InChI is InChI=1S/C17H21FN2O3S/c1-20(2)10-11-23-15-7-5-6-14(12-15)13-19-24(21,22)17-9-4-3-8-16(17)18/h3-9,12,19H,10-11,13H2,1-2H3. The van der Waals surface area contributed by atoms with Crippen LogP contribution in [0, 0.1) is 5.82 Å². The summed E-state index contributed by atoms with van der Waals surface area (Å²) >= 11 is 0. The van der Waals surface area contributed by atoms with Gasteiger partial charge in [-0.1, -0.05) is 24.3 Å². The van der Waals surface area contributed by atoms with Crippen LogP contribution in [0.4, 0.5) is 4.39 Å². The summed E-state index contributed by atoms with van der Waals surface area (Å²) in [4.78, 5) is 1.65. The van der Waals surface area contributed by atoms with E-state index < -0.39 is 15.8 Å². The summed E-state index contributed by atoms with van der Waals surface area (Å²) in [6, 6.07) is 12.4. The van der Waals surface area contributed by atoms with Crippen molar-refractivity contribution in [3.63, 3.8) is 0 Å². The first kappa shape index (κ1) is 18.4. The summed E-state index contributed by atoms with van der Waals surface area (Å²) in [6.07, 6.45) is 0. The van der Waals surface area contributed by atoms with Crippen molar-refractivity contribution in [3.05, 3.63) is 59.9 Å². The molecule has 1 N–H and O–H groups in total. The molecule has 130 valence electrons. The molecular formula is C17H21FN2O3S. The van der Waals surface area contributed by atoms with Crippen molar-refractivity contribution in [1.29, 1.82) is 0 Å². The Labute approximate surface area is 142 Å². The van der Waals surface area contributed by atoms with Gasteiger partial charge in [-0.2, -0.15) is 0 Å². The van der Waals surface area contributed by atoms with Gasteiger partial charge in [0.2, 0.25) is 10.0 Å². The maximum Gasteiger partial charge on any atom is 0.243 e. The monoisotopic (exact) mass is 352 g/mol. The number of nitrogens with one attached hydrogen (secondary N) is 1. The Kier molecular flexibility index (Phi) is 6.30. The third-order valence-corrected chi connectivity index (χ3v) is 4.73. The lowest BCUT2D eigenvalue weighted by Crippen LogP contribution is -2.24. The first-order valence-corrected chi connectivity index (χ1v) is 8.97. The number of hydrogen-bond acceptors (Lipinski definition) is 4. The second-order valence-electron chi connectivity index (χ2n) is 5.55. The molecule has 0 aromatic heterocycles. The van der Waals surface area contributed by atoms with E-state index in [2.05, 4.69) is 4.72 Å². The molecule has 5 nitrogen and oxygen atoms in total. The lowest BCUT2D eigenvalue weighted by atomic mass is 10.2. The highest BCUT2D eigenvalue weighted by Crippen LogP contribution is 2.16. The maximum atomic E-state index is 13.6. The van der Waals surface area contributed by atoms with Gasteiger partial charge in [0.05, 0.1) is 0 Å². The topological polar surface area (TPSA) is 58.6 Å². The number of ether oxygens (including phenoxy) is 1. The lowest BCUT2D eigenvalue weighted by molar-refractivity contribution is 0.261. The van der Waals surface area contributed by atoms with Crippen LogP contribution in [0.15, 0.2) is 53.4 Å². The summed E-state index contributed by atoms with van der Waals surface area (Å²) in [5, 5.41) is 0. The average molecular weight is 352 g/mol. The van der Waals surface area contributed by atoms with Gasteiger partial charge < -0.3 is 9.64 Å². The Morgan fingerprint density at radius 2 is 1.88 bits per heavy atom. The Morgan fingerprint density at radius 1 is 1.12 bits per heavy atom. The van der Waals surface area contributed by atoms with E-state index >= 15 is 0 Å². The smallest absolute Gasteiger partial charge is 0.243 e. The van der Waals surface area contributed by atoms with Crippen LogP contribution in [0.3, 0.4) is 0 Å². The fourth-order valence-corrected chi connectivity index (χ4v) is 3.10. The fourth-order valence-electron chi connectivity index (χ4n) is 2.01. The van der Waals surface area contributed by atoms with Gasteiger partial charge in [-0.05, 0) is 43.9 Å². The van der Waals surface area contributed by atoms with Gasteiger partial charge in [0, 0.05) is 13.1 Å². The van der Waals surface area contributed by atoms with Crippen LogP contribution in [-0.2, 0) is 16.6 Å². The van der Waals surface area contributed by atoms with Gasteiger partial charge in [0.25, 0.3) is 0 Å². The second kappa shape index (κ2) is 8.23. The molecule has 0 bridgehead atoms. The van der Waals surface area contributed by atoms with E-state index in [0.717, 1.165) is 18.2 Å². The molecule has 0 saturated carbocycles. The third kappa shape index (κ3) is 5.30. The van der Waals surface area contributed by atoms with Gasteiger partial charge in [0.1, 0.15) is 23.1 Å². The van der Waals surface area contributed by atoms with E-state index in [9.17, 15) is 12.8 Å². The summed E-state index contributed by atoms with van der Waals surface area (Å²) in [5.41, 5.74) is 0.734. The Hall–Kier alpha value is -1.96. The zero-order chi connectivity index (χ0) is 17.6. The number of sulfonamides is 1. The van der Waals surface area contributed by atoms with Gasteiger partial charge in [0.15, 0.2) is 0 Å². The molecule has 0 aliphatic carbocycles. The summed E-state index contributed by atoms with van der Waals surface area (Å²) in [5.74, 6) is -0.106. The van der Waals surface area contributed by atoms with E-state index in [4.69, 9.17) is 4.74 Å². The van der Waals surface area contributed by atoms with E-state index in [0.29, 0.717) is 12.4 Å². The van der Waals surface area contributed by atoms with E-state index in [1.165, 1.54) is 18.2 Å². The molecule has 0 aliphatic heterocycles. The fraction of sp³-hybridized carbons (Fsp3) is 0.294. The Balaban J connectivity index is 2.00. The number of hydrogen-bond donors (Lipinski definition) is 1. The normalized spacial score (nSPS) is 11.7. The zero-order valence-electron chi connectivity index (χ0n) is 13.7. The Morgan fingerprint density at radius 3 is 2.58 bits per heavy atom. The summed E-state index contributed by atoms with van der Waals surface area (Å²) < 4.78 is 46.0. The van der Waals surface area contributed by atoms with Crippen molar-refractivity contribution < 1.29 is 17.5 Å². The molecule has 24 heavy (non-hydrogen) atoms. The third-order valence-electron chi connectivity index (χ3n) is 3.30. The van der Waals surface area contributed by atoms with Crippen molar-refractivity contribution >= 4 is 10.0 Å². The van der Waals surface area contributed by atoms with E-state index in [1.54, 1.807) is 18.2 Å². The van der Waals surface area contributed by atoms with Crippen LogP contribution in [0.1, 0.15) is 5.56 Å². The molecule has 0 spiro atoms. The molecule has 0 saturated heterocycles. The molecule has 0 aliphatic rings. The highest BCUT2D eigenvalue weighted by molar-refractivity contribution is 7.89. The van der Waals surface area contributed by atoms with Crippen molar-refractivity contribution in [3.8, 4) is 5.75 Å². The number of likely N-dealkylation sites (N-methyl/N-ethyl adjacent to an activating group) is 1. The first-order chi connectivity index (χ1) is 11.4. The molecule has 2 aromatic rings. The molecule has 0 amide bonds. The number of halogens is 1. The highest BCUT2D eigenvalue weighted by atomic mass is 32.2. The molecule has 0 fully saturated rings. The minimum absolute atomic E-state index is 0.0571. The molecule has 2 aromatic carbocycles. The zero-order valence-corrected chi connectivity index (χ0v) is 14.5. The first-order valence-electron chi connectivity index (χ1n) is 7.49. The van der Waals surface area contributed by atoms with Crippen LogP contribution in [0.5, 0.6) is 5.75 Å². The molecular weight excluding hydrogens is 331 g/mol. The molecule has 7 heteroatoms. The van der Waals surface area contributed by atoms with Crippen molar-refractivity contribution in [2.75, 3.05) is 27.2 Å². The lowest BCUT2D eigenvalue weighted by Gasteiger charge is -2.12. The molecule has 0 unspecified atom stereocenters. The predicted molar refractivity (Wildman–Crippen MR) is 90.9 cm³/mol. The largest absolute Gasteiger partial charge is 0.492 e. The highest BCUT2D eigenvalue weighted by Gasteiger charge is 2.17. The SMILES string of the molecule is CN(C)CCOc1cccc(CNS(=O)(=O)c2ccccc2F)c1. The van der Waals surface area contributed by atoms with Crippen LogP contribution in [0.25, 0.3) is 0 Å². The van der Waals surface area contributed by atoms with Gasteiger partial charge in [-0.15, -0.1) is 0 Å². The van der Waals surface area contributed by atoms with Gasteiger partial charge >= 0.3 is 0 Å². The van der Waals surface area contributed by atoms with Crippen molar-refractivity contribution in [2.24, 2.45) is 0 Å². The molecule has 0 atom stereocenters. The van der Waals surface area contributed by atoms with Gasteiger partial charge in [-0.25, -0.2) is 17.5 Å². The number of nitrogens with zero attached hydrogens (tertiary/aromatic N) is 1. The molecule has 0 heterocycles. The van der Waals surface area contributed by atoms with Crippen LogP contribution < -0.4 is 9.46 Å². The van der Waals surface area contributed by atoms with E-state index in [-0.39, 0.29) is 11.4 Å².